The molecule has 3 aromatic heterocycles. The van der Waals surface area contributed by atoms with Crippen molar-refractivity contribution in [3.8, 4) is 17.3 Å². The molecule has 2 aromatic carbocycles. The van der Waals surface area contributed by atoms with Gasteiger partial charge >= 0.3 is 0 Å². The molecule has 7 heteroatoms. The molecule has 0 saturated heterocycles. The third kappa shape index (κ3) is 3.17. The van der Waals surface area contributed by atoms with E-state index in [1.54, 1.807) is 0 Å². The minimum atomic E-state index is -0.186. The van der Waals surface area contributed by atoms with Crippen LogP contribution in [-0.2, 0) is 0 Å². The Morgan fingerprint density at radius 2 is 1.97 bits per heavy atom. The van der Waals surface area contributed by atoms with Crippen LogP contribution in [0.2, 0.25) is 0 Å². The van der Waals surface area contributed by atoms with Crippen LogP contribution in [0, 0.1) is 6.92 Å². The normalized spacial score (nSPS) is 12.3. The molecule has 0 aliphatic heterocycles. The lowest BCUT2D eigenvalue weighted by Gasteiger charge is -2.03. The molecule has 30 heavy (non-hydrogen) atoms. The van der Waals surface area contributed by atoms with Gasteiger partial charge in [0, 0.05) is 10.9 Å². The van der Waals surface area contributed by atoms with Crippen LogP contribution in [0.1, 0.15) is 24.5 Å². The van der Waals surface area contributed by atoms with Crippen LogP contribution in [-0.4, -0.2) is 21.2 Å². The molecular weight excluding hydrogens is 398 g/mol. The van der Waals surface area contributed by atoms with E-state index in [0.29, 0.717) is 27.7 Å². The molecule has 0 bridgehead atoms. The summed E-state index contributed by atoms with van der Waals surface area (Å²) in [4.78, 5) is 17.9. The lowest BCUT2D eigenvalue weighted by atomic mass is 10.1. The molecule has 5 rings (SSSR count). The third-order valence-corrected chi connectivity index (χ3v) is 5.84. The van der Waals surface area contributed by atoms with Crippen LogP contribution in [0.25, 0.3) is 33.6 Å². The van der Waals surface area contributed by atoms with Crippen molar-refractivity contribution in [3.63, 3.8) is 0 Å². The van der Waals surface area contributed by atoms with Crippen LogP contribution in [0.5, 0.6) is 5.75 Å². The van der Waals surface area contributed by atoms with E-state index in [9.17, 15) is 4.79 Å². The summed E-state index contributed by atoms with van der Waals surface area (Å²) >= 11 is 1.31. The molecule has 150 valence electrons. The molecule has 5 aromatic rings. The van der Waals surface area contributed by atoms with Gasteiger partial charge in [-0.3, -0.25) is 4.79 Å². The van der Waals surface area contributed by atoms with Gasteiger partial charge in [0.25, 0.3) is 5.56 Å². The zero-order chi connectivity index (χ0) is 20.7. The van der Waals surface area contributed by atoms with Crippen LogP contribution in [0.3, 0.4) is 0 Å². The van der Waals surface area contributed by atoms with Crippen molar-refractivity contribution in [1.82, 2.24) is 14.6 Å². The average molecular weight is 417 g/mol. The van der Waals surface area contributed by atoms with Gasteiger partial charge in [0.1, 0.15) is 11.3 Å². The molecule has 0 amide bonds. The van der Waals surface area contributed by atoms with E-state index >= 15 is 0 Å². The Morgan fingerprint density at radius 3 is 2.70 bits per heavy atom. The predicted octanol–water partition coefficient (Wildman–Crippen LogP) is 4.21. The maximum absolute atomic E-state index is 12.8. The molecule has 3 heterocycles. The van der Waals surface area contributed by atoms with E-state index in [0.717, 1.165) is 34.3 Å². The van der Waals surface area contributed by atoms with Crippen LogP contribution >= 0.6 is 11.3 Å². The second-order valence-electron chi connectivity index (χ2n) is 7.02. The highest BCUT2D eigenvalue weighted by atomic mass is 32.1. The van der Waals surface area contributed by atoms with Crippen molar-refractivity contribution in [2.24, 2.45) is 0 Å². The monoisotopic (exact) mass is 417 g/mol. The number of aromatic nitrogens is 3. The van der Waals surface area contributed by atoms with Gasteiger partial charge in [0.2, 0.25) is 10.8 Å². The molecule has 0 saturated carbocycles. The Bertz CT molecular complexity index is 1460. The fourth-order valence-corrected chi connectivity index (χ4v) is 4.26. The fraction of sp³-hybridized carbons (Fsp3) is 0.174. The summed E-state index contributed by atoms with van der Waals surface area (Å²) in [6.07, 6.45) is 2.81. The quantitative estimate of drug-likeness (QED) is 0.428. The van der Waals surface area contributed by atoms with Gasteiger partial charge in [-0.25, -0.2) is 0 Å². The SMILES string of the molecule is CCCOc1ccc(/C=c2\sc3nc(-c4oc5ccccc5c4C)nn3c2=O)cc1. The predicted molar refractivity (Wildman–Crippen MR) is 118 cm³/mol. The van der Waals surface area contributed by atoms with Crippen molar-refractivity contribution in [3.05, 3.63) is 74.5 Å². The molecular formula is C23H19N3O3S. The minimum Gasteiger partial charge on any atom is -0.494 e. The molecule has 0 radical (unpaired) electrons. The molecule has 0 N–H and O–H groups in total. The van der Waals surface area contributed by atoms with E-state index in [2.05, 4.69) is 17.0 Å². The van der Waals surface area contributed by atoms with Gasteiger partial charge < -0.3 is 9.15 Å². The number of para-hydroxylation sites is 1. The molecule has 0 fully saturated rings. The Kier molecular flexibility index (Phi) is 4.59. The number of hydrogen-bond acceptors (Lipinski definition) is 6. The number of thiazole rings is 1. The molecule has 0 aliphatic carbocycles. The Labute approximate surface area is 176 Å². The fourth-order valence-electron chi connectivity index (χ4n) is 3.35. The lowest BCUT2D eigenvalue weighted by Crippen LogP contribution is -2.23. The summed E-state index contributed by atoms with van der Waals surface area (Å²) in [6, 6.07) is 15.5. The topological polar surface area (TPSA) is 69.6 Å². The van der Waals surface area contributed by atoms with Crippen molar-refractivity contribution < 1.29 is 9.15 Å². The van der Waals surface area contributed by atoms with E-state index in [1.165, 1.54) is 15.9 Å². The first-order valence-electron chi connectivity index (χ1n) is 9.76. The number of benzene rings is 2. The Morgan fingerprint density at radius 1 is 1.17 bits per heavy atom. The summed E-state index contributed by atoms with van der Waals surface area (Å²) < 4.78 is 13.5. The van der Waals surface area contributed by atoms with Crippen molar-refractivity contribution in [2.75, 3.05) is 6.61 Å². The Hall–Kier alpha value is -3.45. The number of ether oxygens (including phenoxy) is 1. The van der Waals surface area contributed by atoms with Crippen LogP contribution in [0.4, 0.5) is 0 Å². The minimum absolute atomic E-state index is 0.186. The standard InChI is InChI=1S/C23H19N3O3S/c1-3-12-28-16-10-8-15(9-11-16)13-19-22(27)26-23(30-19)24-21(25-26)20-14(2)17-6-4-5-7-18(17)29-20/h4-11,13H,3,12H2,1-2H3/b19-13-. The second kappa shape index (κ2) is 7.42. The molecule has 0 atom stereocenters. The molecule has 0 aliphatic rings. The first-order chi connectivity index (χ1) is 14.6. The first kappa shape index (κ1) is 18.6. The second-order valence-corrected chi connectivity index (χ2v) is 8.02. The van der Waals surface area contributed by atoms with Crippen molar-refractivity contribution in [2.45, 2.75) is 20.3 Å². The van der Waals surface area contributed by atoms with Gasteiger partial charge in [-0.1, -0.05) is 48.6 Å². The number of nitrogens with zero attached hydrogens (tertiary/aromatic N) is 3. The highest BCUT2D eigenvalue weighted by molar-refractivity contribution is 7.15. The van der Waals surface area contributed by atoms with Gasteiger partial charge in [-0.15, -0.1) is 5.10 Å². The highest BCUT2D eigenvalue weighted by Gasteiger charge is 2.18. The number of aryl methyl sites for hydroxylation is 1. The van der Waals surface area contributed by atoms with Crippen molar-refractivity contribution in [1.29, 1.82) is 0 Å². The third-order valence-electron chi connectivity index (χ3n) is 4.88. The zero-order valence-electron chi connectivity index (χ0n) is 16.6. The number of furan rings is 1. The average Bonchev–Trinajstić information content (AvgIpc) is 3.41. The van der Waals surface area contributed by atoms with E-state index in [1.807, 2.05) is 61.5 Å². The number of rotatable bonds is 5. The first-order valence-corrected chi connectivity index (χ1v) is 10.6. The highest BCUT2D eigenvalue weighted by Crippen LogP contribution is 2.31. The zero-order valence-corrected chi connectivity index (χ0v) is 17.4. The molecule has 0 unspecified atom stereocenters. The van der Waals surface area contributed by atoms with E-state index < -0.39 is 0 Å². The molecule has 6 nitrogen and oxygen atoms in total. The van der Waals surface area contributed by atoms with Crippen molar-refractivity contribution >= 4 is 33.3 Å². The van der Waals surface area contributed by atoms with E-state index in [4.69, 9.17) is 9.15 Å². The number of fused-ring (bicyclic) bond motifs is 2. The molecule has 0 spiro atoms. The summed E-state index contributed by atoms with van der Waals surface area (Å²) in [5.74, 6) is 1.85. The smallest absolute Gasteiger partial charge is 0.291 e. The van der Waals surface area contributed by atoms with E-state index in [-0.39, 0.29) is 5.56 Å². The number of hydrogen-bond donors (Lipinski definition) is 0. The summed E-state index contributed by atoms with van der Waals surface area (Å²) in [5.41, 5.74) is 2.49. The lowest BCUT2D eigenvalue weighted by molar-refractivity contribution is 0.317. The summed E-state index contributed by atoms with van der Waals surface area (Å²) in [7, 11) is 0. The largest absolute Gasteiger partial charge is 0.494 e. The maximum atomic E-state index is 12.8. The summed E-state index contributed by atoms with van der Waals surface area (Å²) in [5, 5.41) is 5.44. The van der Waals surface area contributed by atoms with Crippen LogP contribution < -0.4 is 14.8 Å². The summed E-state index contributed by atoms with van der Waals surface area (Å²) in [6.45, 7) is 4.73. The van der Waals surface area contributed by atoms with Gasteiger partial charge in [0.15, 0.2) is 5.76 Å². The Balaban J connectivity index is 1.51. The maximum Gasteiger partial charge on any atom is 0.291 e. The van der Waals surface area contributed by atoms with Gasteiger partial charge in [0.05, 0.1) is 11.1 Å². The van der Waals surface area contributed by atoms with Crippen LogP contribution in [0.15, 0.2) is 57.7 Å². The van der Waals surface area contributed by atoms with Gasteiger partial charge in [-0.05, 0) is 43.2 Å². The van der Waals surface area contributed by atoms with Gasteiger partial charge in [-0.2, -0.15) is 9.50 Å².